The molecule has 1 rings (SSSR count). The predicted octanol–water partition coefficient (Wildman–Crippen LogP) is 1.28. The third kappa shape index (κ3) is 2.29. The second kappa shape index (κ2) is 4.62. The summed E-state index contributed by atoms with van der Waals surface area (Å²) >= 11 is 0. The van der Waals surface area contributed by atoms with Crippen LogP contribution in [0.3, 0.4) is 0 Å². The summed E-state index contributed by atoms with van der Waals surface area (Å²) in [7, 11) is 4.84. The minimum absolute atomic E-state index is 0.332. The second-order valence-electron chi connectivity index (χ2n) is 2.57. The Kier molecular flexibility index (Phi) is 3.46. The average Bonchev–Trinajstić information content (AvgIpc) is 2.20. The molecule has 0 fully saturated rings. The molecule has 1 aromatic rings. The van der Waals surface area contributed by atoms with Crippen molar-refractivity contribution in [2.24, 2.45) is 0 Å². The van der Waals surface area contributed by atoms with E-state index in [1.807, 2.05) is 30.3 Å². The molecular formula is C10H12NO2. The fraction of sp³-hybridized carbons (Fsp3) is 0.200. The topological polar surface area (TPSA) is 38.3 Å². The number of benzene rings is 1. The van der Waals surface area contributed by atoms with E-state index in [0.717, 1.165) is 5.56 Å². The number of nitrogens with one attached hydrogen (secondary N) is 1. The quantitative estimate of drug-likeness (QED) is 0.708. The van der Waals surface area contributed by atoms with Crippen LogP contribution in [0.15, 0.2) is 30.3 Å². The van der Waals surface area contributed by atoms with Gasteiger partial charge in [-0.25, -0.2) is 4.79 Å². The summed E-state index contributed by atoms with van der Waals surface area (Å²) in [5.74, 6) is -0.332. The average molecular weight is 178 g/mol. The first-order valence-electron chi connectivity index (χ1n) is 3.95. The number of esters is 1. The Bertz CT molecular complexity index is 272. The number of rotatable bonds is 3. The molecule has 3 heteroatoms. The van der Waals surface area contributed by atoms with Crippen molar-refractivity contribution >= 4 is 5.97 Å². The van der Waals surface area contributed by atoms with Gasteiger partial charge in [0.25, 0.3) is 0 Å². The van der Waals surface area contributed by atoms with Crippen LogP contribution in [-0.2, 0) is 9.53 Å². The largest absolute Gasteiger partial charge is 0.468 e. The van der Waals surface area contributed by atoms with Crippen molar-refractivity contribution < 1.29 is 9.53 Å². The highest BCUT2D eigenvalue weighted by Gasteiger charge is 2.18. The molecule has 0 amide bonds. The molecule has 13 heavy (non-hydrogen) atoms. The summed E-state index contributed by atoms with van der Waals surface area (Å²) in [5, 5.41) is 2.64. The molecule has 0 heterocycles. The fourth-order valence-corrected chi connectivity index (χ4v) is 1.10. The SMILES string of the molecule is [CH2]NC(C(=O)OC)c1ccccc1. The lowest BCUT2D eigenvalue weighted by molar-refractivity contribution is -0.143. The summed E-state index contributed by atoms with van der Waals surface area (Å²) in [5.41, 5.74) is 0.851. The van der Waals surface area contributed by atoms with Crippen molar-refractivity contribution in [1.29, 1.82) is 0 Å². The molecule has 0 aromatic heterocycles. The van der Waals surface area contributed by atoms with Crippen LogP contribution in [0, 0.1) is 7.05 Å². The van der Waals surface area contributed by atoms with Crippen LogP contribution >= 0.6 is 0 Å². The van der Waals surface area contributed by atoms with E-state index in [4.69, 9.17) is 0 Å². The lowest BCUT2D eigenvalue weighted by Gasteiger charge is -2.13. The standard InChI is InChI=1S/C10H12NO2/c1-11-9(10(12)13-2)8-6-4-3-5-7-8/h3-7,9,11H,1H2,2H3. The molecule has 0 saturated heterocycles. The molecule has 3 nitrogen and oxygen atoms in total. The number of carbonyl (C=O) groups excluding carboxylic acids is 1. The first kappa shape index (κ1) is 9.74. The van der Waals surface area contributed by atoms with Gasteiger partial charge in [-0.15, -0.1) is 0 Å². The van der Waals surface area contributed by atoms with E-state index < -0.39 is 6.04 Å². The third-order valence-electron chi connectivity index (χ3n) is 1.77. The van der Waals surface area contributed by atoms with E-state index in [1.54, 1.807) is 0 Å². The van der Waals surface area contributed by atoms with Gasteiger partial charge in [0, 0.05) is 7.05 Å². The van der Waals surface area contributed by atoms with Crippen LogP contribution < -0.4 is 5.32 Å². The van der Waals surface area contributed by atoms with Gasteiger partial charge in [-0.3, -0.25) is 5.32 Å². The molecule has 1 unspecified atom stereocenters. The maximum atomic E-state index is 11.2. The molecule has 0 aliphatic heterocycles. The van der Waals surface area contributed by atoms with E-state index >= 15 is 0 Å². The van der Waals surface area contributed by atoms with Crippen LogP contribution in [0.4, 0.5) is 0 Å². The molecule has 1 aromatic carbocycles. The Morgan fingerprint density at radius 3 is 2.54 bits per heavy atom. The Hall–Kier alpha value is -1.35. The van der Waals surface area contributed by atoms with Crippen molar-refractivity contribution in [2.45, 2.75) is 6.04 Å². The van der Waals surface area contributed by atoms with Crippen LogP contribution in [0.25, 0.3) is 0 Å². The predicted molar refractivity (Wildman–Crippen MR) is 49.7 cm³/mol. The number of hydrogen-bond acceptors (Lipinski definition) is 3. The number of methoxy groups -OCH3 is 1. The number of carbonyl (C=O) groups is 1. The Balaban J connectivity index is 2.85. The van der Waals surface area contributed by atoms with Crippen LogP contribution in [-0.4, -0.2) is 13.1 Å². The van der Waals surface area contributed by atoms with E-state index in [1.165, 1.54) is 7.11 Å². The molecular weight excluding hydrogens is 166 g/mol. The molecule has 0 saturated carbocycles. The maximum absolute atomic E-state index is 11.2. The monoisotopic (exact) mass is 178 g/mol. The summed E-state index contributed by atoms with van der Waals surface area (Å²) in [6.07, 6.45) is 0. The van der Waals surface area contributed by atoms with Crippen molar-refractivity contribution in [3.8, 4) is 0 Å². The first-order chi connectivity index (χ1) is 6.29. The zero-order valence-electron chi connectivity index (χ0n) is 7.49. The second-order valence-corrected chi connectivity index (χ2v) is 2.57. The summed E-state index contributed by atoms with van der Waals surface area (Å²) < 4.78 is 4.62. The van der Waals surface area contributed by atoms with Gasteiger partial charge in [-0.2, -0.15) is 0 Å². The Morgan fingerprint density at radius 1 is 1.46 bits per heavy atom. The van der Waals surface area contributed by atoms with Crippen LogP contribution in [0.1, 0.15) is 11.6 Å². The highest BCUT2D eigenvalue weighted by molar-refractivity contribution is 5.77. The third-order valence-corrected chi connectivity index (χ3v) is 1.77. The van der Waals surface area contributed by atoms with Gasteiger partial charge >= 0.3 is 5.97 Å². The van der Waals surface area contributed by atoms with Crippen molar-refractivity contribution in [2.75, 3.05) is 7.11 Å². The van der Waals surface area contributed by atoms with Gasteiger partial charge in [0.05, 0.1) is 7.11 Å². The lowest BCUT2D eigenvalue weighted by atomic mass is 10.1. The highest BCUT2D eigenvalue weighted by atomic mass is 16.5. The molecule has 69 valence electrons. The molecule has 0 aliphatic carbocycles. The minimum atomic E-state index is -0.480. The number of ether oxygens (including phenoxy) is 1. The highest BCUT2D eigenvalue weighted by Crippen LogP contribution is 2.12. The fourth-order valence-electron chi connectivity index (χ4n) is 1.10. The zero-order chi connectivity index (χ0) is 9.68. The Labute approximate surface area is 77.7 Å². The van der Waals surface area contributed by atoms with Crippen LogP contribution in [0.2, 0.25) is 0 Å². The molecule has 1 radical (unpaired) electrons. The number of hydrogen-bond donors (Lipinski definition) is 1. The van der Waals surface area contributed by atoms with Gasteiger partial charge in [-0.1, -0.05) is 30.3 Å². The summed E-state index contributed by atoms with van der Waals surface area (Å²) in [6.45, 7) is 0. The van der Waals surface area contributed by atoms with Gasteiger partial charge in [0.15, 0.2) is 0 Å². The summed E-state index contributed by atoms with van der Waals surface area (Å²) in [4.78, 5) is 11.2. The van der Waals surface area contributed by atoms with E-state index in [-0.39, 0.29) is 5.97 Å². The summed E-state index contributed by atoms with van der Waals surface area (Å²) in [6, 6.07) is 8.83. The lowest BCUT2D eigenvalue weighted by Crippen LogP contribution is -2.24. The van der Waals surface area contributed by atoms with Crippen molar-refractivity contribution in [3.63, 3.8) is 0 Å². The normalized spacial score (nSPS) is 12.2. The van der Waals surface area contributed by atoms with Gasteiger partial charge in [-0.05, 0) is 5.56 Å². The molecule has 1 N–H and O–H groups in total. The van der Waals surface area contributed by atoms with E-state index in [2.05, 4.69) is 17.1 Å². The van der Waals surface area contributed by atoms with Crippen molar-refractivity contribution in [1.82, 2.24) is 5.32 Å². The van der Waals surface area contributed by atoms with Gasteiger partial charge < -0.3 is 4.74 Å². The van der Waals surface area contributed by atoms with Gasteiger partial charge in [0.2, 0.25) is 0 Å². The zero-order valence-corrected chi connectivity index (χ0v) is 7.49. The molecule has 0 bridgehead atoms. The van der Waals surface area contributed by atoms with E-state index in [0.29, 0.717) is 0 Å². The van der Waals surface area contributed by atoms with Crippen LogP contribution in [0.5, 0.6) is 0 Å². The maximum Gasteiger partial charge on any atom is 0.327 e. The van der Waals surface area contributed by atoms with Gasteiger partial charge in [0.1, 0.15) is 6.04 Å². The minimum Gasteiger partial charge on any atom is -0.468 e. The van der Waals surface area contributed by atoms with E-state index in [9.17, 15) is 4.79 Å². The first-order valence-corrected chi connectivity index (χ1v) is 3.95. The van der Waals surface area contributed by atoms with Crippen molar-refractivity contribution in [3.05, 3.63) is 42.9 Å². The molecule has 0 spiro atoms. The molecule has 1 atom stereocenters. The molecule has 0 aliphatic rings. The Morgan fingerprint density at radius 2 is 2.08 bits per heavy atom. The smallest absolute Gasteiger partial charge is 0.327 e.